The first-order valence-electron chi connectivity index (χ1n) is 4.38. The number of anilines is 2. The Morgan fingerprint density at radius 1 is 1.38 bits per heavy atom. The SMILES string of the molecule is CNc1c(N)cccc1OC(C)C. The summed E-state index contributed by atoms with van der Waals surface area (Å²) in [5.74, 6) is 0.803. The van der Waals surface area contributed by atoms with Crippen LogP contribution in [0.4, 0.5) is 11.4 Å². The average molecular weight is 180 g/mol. The Kier molecular flexibility index (Phi) is 3.01. The van der Waals surface area contributed by atoms with Crippen LogP contribution in [0.2, 0.25) is 0 Å². The molecule has 0 radical (unpaired) electrons. The molecule has 1 aromatic rings. The molecule has 0 unspecified atom stereocenters. The molecular weight excluding hydrogens is 164 g/mol. The van der Waals surface area contributed by atoms with Crippen LogP contribution in [-0.4, -0.2) is 13.2 Å². The van der Waals surface area contributed by atoms with Crippen molar-refractivity contribution in [3.8, 4) is 5.75 Å². The number of nitrogens with two attached hydrogens (primary N) is 1. The molecule has 13 heavy (non-hydrogen) atoms. The van der Waals surface area contributed by atoms with Crippen molar-refractivity contribution in [2.24, 2.45) is 0 Å². The summed E-state index contributed by atoms with van der Waals surface area (Å²) >= 11 is 0. The molecule has 0 saturated carbocycles. The summed E-state index contributed by atoms with van der Waals surface area (Å²) in [6.07, 6.45) is 0.161. The lowest BCUT2D eigenvalue weighted by Crippen LogP contribution is -2.08. The molecule has 0 bridgehead atoms. The minimum atomic E-state index is 0.161. The van der Waals surface area contributed by atoms with Crippen molar-refractivity contribution in [2.75, 3.05) is 18.1 Å². The van der Waals surface area contributed by atoms with Crippen LogP contribution in [0.5, 0.6) is 5.75 Å². The van der Waals surface area contributed by atoms with Gasteiger partial charge in [-0.25, -0.2) is 0 Å². The number of nitrogens with one attached hydrogen (secondary N) is 1. The third kappa shape index (κ3) is 2.28. The zero-order valence-electron chi connectivity index (χ0n) is 8.29. The molecule has 0 spiro atoms. The maximum atomic E-state index is 5.77. The Balaban J connectivity index is 2.98. The number of benzene rings is 1. The van der Waals surface area contributed by atoms with Crippen molar-refractivity contribution < 1.29 is 4.74 Å². The minimum absolute atomic E-state index is 0.161. The Hall–Kier alpha value is -1.38. The van der Waals surface area contributed by atoms with Crippen LogP contribution < -0.4 is 15.8 Å². The van der Waals surface area contributed by atoms with E-state index in [1.54, 1.807) is 0 Å². The van der Waals surface area contributed by atoms with Gasteiger partial charge in [-0.3, -0.25) is 0 Å². The first-order chi connectivity index (χ1) is 6.15. The van der Waals surface area contributed by atoms with Gasteiger partial charge in [-0.2, -0.15) is 0 Å². The van der Waals surface area contributed by atoms with E-state index < -0.39 is 0 Å². The fourth-order valence-electron chi connectivity index (χ4n) is 1.17. The molecule has 72 valence electrons. The van der Waals surface area contributed by atoms with E-state index in [2.05, 4.69) is 5.32 Å². The van der Waals surface area contributed by atoms with E-state index in [1.165, 1.54) is 0 Å². The summed E-state index contributed by atoms with van der Waals surface area (Å²) in [5.41, 5.74) is 7.33. The highest BCUT2D eigenvalue weighted by Gasteiger charge is 2.06. The van der Waals surface area contributed by atoms with Gasteiger partial charge in [0.05, 0.1) is 17.5 Å². The zero-order valence-corrected chi connectivity index (χ0v) is 8.29. The average Bonchev–Trinajstić information content (AvgIpc) is 2.03. The molecule has 0 fully saturated rings. The van der Waals surface area contributed by atoms with Crippen LogP contribution in [-0.2, 0) is 0 Å². The van der Waals surface area contributed by atoms with E-state index in [-0.39, 0.29) is 6.10 Å². The van der Waals surface area contributed by atoms with Gasteiger partial charge in [0.25, 0.3) is 0 Å². The second-order valence-electron chi connectivity index (χ2n) is 3.14. The summed E-state index contributed by atoms with van der Waals surface area (Å²) in [6.45, 7) is 3.98. The van der Waals surface area contributed by atoms with Gasteiger partial charge in [0.1, 0.15) is 5.75 Å². The molecule has 1 rings (SSSR count). The predicted molar refractivity (Wildman–Crippen MR) is 56.2 cm³/mol. The molecule has 0 aliphatic heterocycles. The second kappa shape index (κ2) is 4.03. The Labute approximate surface area is 78.9 Å². The highest BCUT2D eigenvalue weighted by Crippen LogP contribution is 2.30. The van der Waals surface area contributed by atoms with Crippen LogP contribution >= 0.6 is 0 Å². The molecule has 0 aliphatic carbocycles. The summed E-state index contributed by atoms with van der Waals surface area (Å²) in [7, 11) is 1.83. The number of hydrogen-bond donors (Lipinski definition) is 2. The fraction of sp³-hybridized carbons (Fsp3) is 0.400. The lowest BCUT2D eigenvalue weighted by Gasteiger charge is -2.15. The third-order valence-electron chi connectivity index (χ3n) is 1.67. The van der Waals surface area contributed by atoms with E-state index in [9.17, 15) is 0 Å². The molecule has 3 nitrogen and oxygen atoms in total. The molecule has 0 aliphatic rings. The van der Waals surface area contributed by atoms with E-state index in [0.717, 1.165) is 11.4 Å². The summed E-state index contributed by atoms with van der Waals surface area (Å²) in [4.78, 5) is 0. The van der Waals surface area contributed by atoms with Gasteiger partial charge in [-0.1, -0.05) is 6.07 Å². The first-order valence-corrected chi connectivity index (χ1v) is 4.38. The Morgan fingerprint density at radius 3 is 2.62 bits per heavy atom. The van der Waals surface area contributed by atoms with Crippen molar-refractivity contribution in [1.29, 1.82) is 0 Å². The molecule has 3 N–H and O–H groups in total. The first kappa shape index (κ1) is 9.71. The maximum absolute atomic E-state index is 5.77. The van der Waals surface area contributed by atoms with Gasteiger partial charge in [0.2, 0.25) is 0 Å². The Bertz CT molecular complexity index is 284. The van der Waals surface area contributed by atoms with Crippen molar-refractivity contribution >= 4 is 11.4 Å². The highest BCUT2D eigenvalue weighted by atomic mass is 16.5. The number of hydrogen-bond acceptors (Lipinski definition) is 3. The smallest absolute Gasteiger partial charge is 0.144 e. The molecule has 0 atom stereocenters. The number of para-hydroxylation sites is 1. The van der Waals surface area contributed by atoms with Crippen LogP contribution in [0.15, 0.2) is 18.2 Å². The van der Waals surface area contributed by atoms with Crippen LogP contribution in [0.3, 0.4) is 0 Å². The van der Waals surface area contributed by atoms with Crippen LogP contribution in [0.25, 0.3) is 0 Å². The minimum Gasteiger partial charge on any atom is -0.489 e. The molecule has 0 amide bonds. The standard InChI is InChI=1S/C10H16N2O/c1-7(2)13-9-6-4-5-8(11)10(9)12-3/h4-7,12H,11H2,1-3H3. The lowest BCUT2D eigenvalue weighted by molar-refractivity contribution is 0.244. The number of nitrogen functional groups attached to an aromatic ring is 1. The summed E-state index contributed by atoms with van der Waals surface area (Å²) < 4.78 is 5.57. The molecule has 1 aromatic carbocycles. The summed E-state index contributed by atoms with van der Waals surface area (Å²) in [6, 6.07) is 5.63. The van der Waals surface area contributed by atoms with Crippen molar-refractivity contribution in [2.45, 2.75) is 20.0 Å². The predicted octanol–water partition coefficient (Wildman–Crippen LogP) is 2.10. The Morgan fingerprint density at radius 2 is 2.08 bits per heavy atom. The molecule has 0 aromatic heterocycles. The van der Waals surface area contributed by atoms with Crippen molar-refractivity contribution in [3.63, 3.8) is 0 Å². The molecule has 3 heteroatoms. The van der Waals surface area contributed by atoms with E-state index in [0.29, 0.717) is 5.69 Å². The topological polar surface area (TPSA) is 47.3 Å². The molecule has 0 saturated heterocycles. The van der Waals surface area contributed by atoms with E-state index in [4.69, 9.17) is 10.5 Å². The highest BCUT2D eigenvalue weighted by molar-refractivity contribution is 5.73. The second-order valence-corrected chi connectivity index (χ2v) is 3.14. The zero-order chi connectivity index (χ0) is 9.84. The van der Waals surface area contributed by atoms with Gasteiger partial charge in [-0.15, -0.1) is 0 Å². The van der Waals surface area contributed by atoms with Crippen LogP contribution in [0, 0.1) is 0 Å². The van der Waals surface area contributed by atoms with Gasteiger partial charge in [0, 0.05) is 7.05 Å². The van der Waals surface area contributed by atoms with Gasteiger partial charge >= 0.3 is 0 Å². The fourth-order valence-corrected chi connectivity index (χ4v) is 1.17. The number of ether oxygens (including phenoxy) is 1. The quantitative estimate of drug-likeness (QED) is 0.700. The van der Waals surface area contributed by atoms with Crippen LogP contribution in [0.1, 0.15) is 13.8 Å². The number of rotatable bonds is 3. The third-order valence-corrected chi connectivity index (χ3v) is 1.67. The summed E-state index contributed by atoms with van der Waals surface area (Å²) in [5, 5.41) is 3.02. The normalized spacial score (nSPS) is 10.2. The van der Waals surface area contributed by atoms with Crippen molar-refractivity contribution in [3.05, 3.63) is 18.2 Å². The molecular formula is C10H16N2O. The largest absolute Gasteiger partial charge is 0.489 e. The van der Waals surface area contributed by atoms with Crippen molar-refractivity contribution in [1.82, 2.24) is 0 Å². The maximum Gasteiger partial charge on any atom is 0.144 e. The lowest BCUT2D eigenvalue weighted by atomic mass is 10.2. The molecule has 0 heterocycles. The van der Waals surface area contributed by atoms with E-state index >= 15 is 0 Å². The van der Waals surface area contributed by atoms with Gasteiger partial charge in [-0.05, 0) is 26.0 Å². The van der Waals surface area contributed by atoms with Gasteiger partial charge < -0.3 is 15.8 Å². The van der Waals surface area contributed by atoms with Gasteiger partial charge in [0.15, 0.2) is 0 Å². The van der Waals surface area contributed by atoms with E-state index in [1.807, 2.05) is 39.1 Å². The monoisotopic (exact) mass is 180 g/mol.